The number of nitrogens with zero attached hydrogens (tertiary/aromatic N) is 2. The van der Waals surface area contributed by atoms with Crippen LogP contribution in [0.5, 0.6) is 0 Å². The summed E-state index contributed by atoms with van der Waals surface area (Å²) in [7, 11) is 1.75. The van der Waals surface area contributed by atoms with Crippen molar-refractivity contribution in [2.24, 2.45) is 0 Å². The fourth-order valence-electron chi connectivity index (χ4n) is 4.00. The quantitative estimate of drug-likeness (QED) is 0.893. The predicted octanol–water partition coefficient (Wildman–Crippen LogP) is 1.44. The SMILES string of the molecule is CN(C(=O)Cc1cccc(F)c1)[C@@H]1CCC[C@@H](N2CCOCC2)[C@@H]1O. The summed E-state index contributed by atoms with van der Waals surface area (Å²) in [4.78, 5) is 16.5. The molecule has 0 radical (unpaired) electrons. The lowest BCUT2D eigenvalue weighted by atomic mass is 9.86. The number of amides is 1. The van der Waals surface area contributed by atoms with Gasteiger partial charge in [-0.2, -0.15) is 0 Å². The van der Waals surface area contributed by atoms with Gasteiger partial charge in [-0.05, 0) is 37.0 Å². The van der Waals surface area contributed by atoms with Gasteiger partial charge in [-0.25, -0.2) is 4.39 Å². The van der Waals surface area contributed by atoms with Gasteiger partial charge >= 0.3 is 0 Å². The van der Waals surface area contributed by atoms with Crippen molar-refractivity contribution in [3.8, 4) is 0 Å². The van der Waals surface area contributed by atoms with Crippen molar-refractivity contribution in [2.45, 2.75) is 43.9 Å². The number of aliphatic hydroxyl groups excluding tert-OH is 1. The number of morpholine rings is 1. The lowest BCUT2D eigenvalue weighted by Crippen LogP contribution is -2.58. The number of aliphatic hydroxyl groups is 1. The van der Waals surface area contributed by atoms with Crippen LogP contribution in [0, 0.1) is 5.82 Å². The number of likely N-dealkylation sites (N-methyl/N-ethyl adjacent to an activating group) is 1. The van der Waals surface area contributed by atoms with E-state index in [0.717, 1.165) is 32.4 Å². The molecule has 25 heavy (non-hydrogen) atoms. The van der Waals surface area contributed by atoms with Crippen LogP contribution in [0.1, 0.15) is 24.8 Å². The van der Waals surface area contributed by atoms with E-state index in [2.05, 4.69) is 4.90 Å². The molecule has 2 fully saturated rings. The van der Waals surface area contributed by atoms with Crippen LogP contribution in [0.4, 0.5) is 4.39 Å². The Balaban J connectivity index is 1.63. The molecule has 1 amide bonds. The third-order valence-corrected chi connectivity index (χ3v) is 5.44. The van der Waals surface area contributed by atoms with Crippen LogP contribution in [0.25, 0.3) is 0 Å². The van der Waals surface area contributed by atoms with Crippen LogP contribution in [0.2, 0.25) is 0 Å². The first kappa shape index (κ1) is 18.3. The standard InChI is InChI=1S/C19H27FN2O3/c1-21(18(23)13-14-4-2-5-15(20)12-14)16-6-3-7-17(19(16)24)22-8-10-25-11-9-22/h2,4-5,12,16-17,19,24H,3,6-11,13H2,1H3/t16-,17-,19-/m1/s1. The van der Waals surface area contributed by atoms with Crippen LogP contribution in [-0.2, 0) is 16.0 Å². The Kier molecular flexibility index (Phi) is 6.04. The molecule has 0 unspecified atom stereocenters. The van der Waals surface area contributed by atoms with Crippen molar-refractivity contribution in [1.82, 2.24) is 9.80 Å². The zero-order valence-electron chi connectivity index (χ0n) is 14.7. The molecule has 2 aliphatic rings. The summed E-state index contributed by atoms with van der Waals surface area (Å²) in [5.74, 6) is -0.421. The highest BCUT2D eigenvalue weighted by Gasteiger charge is 2.38. The second kappa shape index (κ2) is 8.25. The van der Waals surface area contributed by atoms with Gasteiger partial charge < -0.3 is 14.7 Å². The smallest absolute Gasteiger partial charge is 0.227 e. The van der Waals surface area contributed by atoms with E-state index >= 15 is 0 Å². The molecule has 3 rings (SSSR count). The molecule has 0 bridgehead atoms. The minimum absolute atomic E-state index is 0.0760. The molecule has 138 valence electrons. The van der Waals surface area contributed by atoms with Gasteiger partial charge in [-0.3, -0.25) is 9.69 Å². The first-order chi connectivity index (χ1) is 12.1. The fraction of sp³-hybridized carbons (Fsp3) is 0.632. The highest BCUT2D eigenvalue weighted by molar-refractivity contribution is 5.78. The monoisotopic (exact) mass is 350 g/mol. The van der Waals surface area contributed by atoms with Crippen molar-refractivity contribution >= 4 is 5.91 Å². The van der Waals surface area contributed by atoms with Crippen LogP contribution >= 0.6 is 0 Å². The Morgan fingerprint density at radius 2 is 2.12 bits per heavy atom. The van der Waals surface area contributed by atoms with E-state index in [1.54, 1.807) is 24.1 Å². The van der Waals surface area contributed by atoms with Gasteiger partial charge in [0.1, 0.15) is 5.82 Å². The van der Waals surface area contributed by atoms with E-state index in [0.29, 0.717) is 18.8 Å². The van der Waals surface area contributed by atoms with Crippen molar-refractivity contribution < 1.29 is 19.0 Å². The Morgan fingerprint density at radius 3 is 2.84 bits per heavy atom. The number of carbonyl (C=O) groups excluding carboxylic acids is 1. The average Bonchev–Trinajstić information content (AvgIpc) is 2.62. The van der Waals surface area contributed by atoms with Crippen LogP contribution < -0.4 is 0 Å². The van der Waals surface area contributed by atoms with Gasteiger partial charge in [-0.15, -0.1) is 0 Å². The summed E-state index contributed by atoms with van der Waals surface area (Å²) in [5.41, 5.74) is 0.659. The van der Waals surface area contributed by atoms with Crippen molar-refractivity contribution in [3.05, 3.63) is 35.6 Å². The summed E-state index contributed by atoms with van der Waals surface area (Å²) in [5, 5.41) is 10.9. The Hall–Kier alpha value is -1.50. The molecule has 1 N–H and O–H groups in total. The highest BCUT2D eigenvalue weighted by Crippen LogP contribution is 2.27. The number of ether oxygens (including phenoxy) is 1. The van der Waals surface area contributed by atoms with Crippen LogP contribution in [-0.4, -0.2) is 72.4 Å². The summed E-state index contributed by atoms with van der Waals surface area (Å²) in [6.45, 7) is 3.05. The molecular formula is C19H27FN2O3. The molecule has 1 aromatic rings. The number of halogens is 1. The molecule has 6 heteroatoms. The van der Waals surface area contributed by atoms with Gasteiger partial charge in [-0.1, -0.05) is 12.1 Å². The third-order valence-electron chi connectivity index (χ3n) is 5.44. The second-order valence-corrected chi connectivity index (χ2v) is 7.02. The van der Waals surface area contributed by atoms with Gasteiger partial charge in [0, 0.05) is 26.2 Å². The van der Waals surface area contributed by atoms with E-state index in [9.17, 15) is 14.3 Å². The van der Waals surface area contributed by atoms with Crippen molar-refractivity contribution in [1.29, 1.82) is 0 Å². The number of carbonyl (C=O) groups is 1. The fourth-order valence-corrected chi connectivity index (χ4v) is 4.00. The number of rotatable bonds is 4. The molecule has 3 atom stereocenters. The Bertz CT molecular complexity index is 592. The summed E-state index contributed by atoms with van der Waals surface area (Å²) < 4.78 is 18.7. The Morgan fingerprint density at radius 1 is 1.36 bits per heavy atom. The molecule has 1 heterocycles. The van der Waals surface area contributed by atoms with Gasteiger partial charge in [0.2, 0.25) is 5.91 Å². The maximum Gasteiger partial charge on any atom is 0.227 e. The molecule has 1 aliphatic carbocycles. The lowest BCUT2D eigenvalue weighted by molar-refractivity contribution is -0.137. The molecular weight excluding hydrogens is 323 g/mol. The average molecular weight is 350 g/mol. The first-order valence-electron chi connectivity index (χ1n) is 9.06. The summed E-state index contributed by atoms with van der Waals surface area (Å²) >= 11 is 0. The molecule has 0 aromatic heterocycles. The maximum absolute atomic E-state index is 13.3. The molecule has 1 aliphatic heterocycles. The largest absolute Gasteiger partial charge is 0.389 e. The maximum atomic E-state index is 13.3. The third kappa shape index (κ3) is 4.37. The van der Waals surface area contributed by atoms with Crippen LogP contribution in [0.3, 0.4) is 0 Å². The number of benzene rings is 1. The normalized spacial score (nSPS) is 27.9. The van der Waals surface area contributed by atoms with Gasteiger partial charge in [0.15, 0.2) is 0 Å². The predicted molar refractivity (Wildman–Crippen MR) is 92.7 cm³/mol. The molecule has 1 aromatic carbocycles. The topological polar surface area (TPSA) is 53.0 Å². The Labute approximate surface area is 148 Å². The number of hydrogen-bond donors (Lipinski definition) is 1. The summed E-state index contributed by atoms with van der Waals surface area (Å²) in [6, 6.07) is 6.01. The van der Waals surface area contributed by atoms with Gasteiger partial charge in [0.25, 0.3) is 0 Å². The van der Waals surface area contributed by atoms with E-state index in [1.807, 2.05) is 0 Å². The van der Waals surface area contributed by atoms with E-state index in [4.69, 9.17) is 4.74 Å². The van der Waals surface area contributed by atoms with Crippen LogP contribution in [0.15, 0.2) is 24.3 Å². The minimum Gasteiger partial charge on any atom is -0.389 e. The molecule has 1 saturated heterocycles. The second-order valence-electron chi connectivity index (χ2n) is 7.02. The molecule has 1 saturated carbocycles. The van der Waals surface area contributed by atoms with Gasteiger partial charge in [0.05, 0.1) is 31.8 Å². The molecule has 0 spiro atoms. The number of hydrogen-bond acceptors (Lipinski definition) is 4. The van der Waals surface area contributed by atoms with E-state index < -0.39 is 6.10 Å². The minimum atomic E-state index is -0.562. The highest BCUT2D eigenvalue weighted by atomic mass is 19.1. The summed E-state index contributed by atoms with van der Waals surface area (Å²) in [6.07, 6.45) is 2.33. The zero-order valence-corrected chi connectivity index (χ0v) is 14.7. The first-order valence-corrected chi connectivity index (χ1v) is 9.06. The van der Waals surface area contributed by atoms with E-state index in [1.165, 1.54) is 12.1 Å². The van der Waals surface area contributed by atoms with E-state index in [-0.39, 0.29) is 30.2 Å². The zero-order chi connectivity index (χ0) is 17.8. The van der Waals surface area contributed by atoms with Crippen molar-refractivity contribution in [3.63, 3.8) is 0 Å². The lowest BCUT2D eigenvalue weighted by Gasteiger charge is -2.45. The van der Waals surface area contributed by atoms with Crippen molar-refractivity contribution in [2.75, 3.05) is 33.4 Å². The molecule has 5 nitrogen and oxygen atoms in total.